The second-order valence-electron chi connectivity index (χ2n) is 7.84. The third-order valence-corrected chi connectivity index (χ3v) is 5.41. The summed E-state index contributed by atoms with van der Waals surface area (Å²) in [4.78, 5) is 27.6. The second-order valence-corrected chi connectivity index (χ2v) is 7.84. The Bertz CT molecular complexity index is 932. The molecule has 3 unspecified atom stereocenters. The molecule has 3 aliphatic rings. The highest BCUT2D eigenvalue weighted by Crippen LogP contribution is 2.56. The van der Waals surface area contributed by atoms with E-state index in [2.05, 4.69) is 5.10 Å². The first kappa shape index (κ1) is 16.3. The summed E-state index contributed by atoms with van der Waals surface area (Å²) in [6.07, 6.45) is 1.58. The van der Waals surface area contributed by atoms with Gasteiger partial charge in [0.25, 0.3) is 0 Å². The van der Waals surface area contributed by atoms with Gasteiger partial charge >= 0.3 is 0 Å². The van der Waals surface area contributed by atoms with Crippen LogP contribution in [-0.2, 0) is 9.59 Å². The number of hydrogen-bond acceptors (Lipinski definition) is 6. The summed E-state index contributed by atoms with van der Waals surface area (Å²) >= 11 is 0. The number of carbonyl (C=O) groups excluding carboxylic acids is 2. The molecular weight excluding hydrogens is 330 g/mol. The van der Waals surface area contributed by atoms with Gasteiger partial charge in [0.15, 0.2) is 0 Å². The molecule has 7 heteroatoms. The van der Waals surface area contributed by atoms with E-state index in [9.17, 15) is 20.1 Å². The zero-order valence-electron chi connectivity index (χ0n) is 14.7. The van der Waals surface area contributed by atoms with Gasteiger partial charge in [-0.2, -0.15) is 15.6 Å². The first-order valence-corrected chi connectivity index (χ1v) is 8.40. The molecule has 26 heavy (non-hydrogen) atoms. The number of nitriles is 2. The summed E-state index contributed by atoms with van der Waals surface area (Å²) in [5.74, 6) is -2.68. The van der Waals surface area contributed by atoms with Gasteiger partial charge in [-0.05, 0) is 31.9 Å². The lowest BCUT2D eigenvalue weighted by molar-refractivity contribution is -0.147. The fourth-order valence-corrected chi connectivity index (χ4v) is 4.40. The fraction of sp³-hybridized carbons (Fsp3) is 0.421. The lowest BCUT2D eigenvalue weighted by Gasteiger charge is -2.37. The van der Waals surface area contributed by atoms with E-state index in [1.54, 1.807) is 27.0 Å². The summed E-state index contributed by atoms with van der Waals surface area (Å²) in [7, 11) is 0. The van der Waals surface area contributed by atoms with Crippen molar-refractivity contribution in [3.05, 3.63) is 35.4 Å². The van der Waals surface area contributed by atoms with Gasteiger partial charge in [0.1, 0.15) is 18.1 Å². The minimum atomic E-state index is -1.80. The van der Waals surface area contributed by atoms with Crippen molar-refractivity contribution in [2.45, 2.75) is 37.9 Å². The largest absolute Gasteiger partial charge is 0.276 e. The number of hydrazone groups is 1. The molecule has 1 aromatic carbocycles. The van der Waals surface area contributed by atoms with Crippen molar-refractivity contribution < 1.29 is 9.59 Å². The van der Waals surface area contributed by atoms with Crippen molar-refractivity contribution in [3.8, 4) is 12.1 Å². The third-order valence-electron chi connectivity index (χ3n) is 5.41. The Labute approximate surface area is 151 Å². The van der Waals surface area contributed by atoms with Gasteiger partial charge in [-0.3, -0.25) is 19.5 Å². The number of benzene rings is 1. The van der Waals surface area contributed by atoms with Gasteiger partial charge in [0.05, 0.1) is 18.2 Å². The van der Waals surface area contributed by atoms with E-state index < -0.39 is 34.9 Å². The van der Waals surface area contributed by atoms with Crippen LogP contribution < -0.4 is 0 Å². The van der Waals surface area contributed by atoms with Crippen LogP contribution in [0.4, 0.5) is 0 Å². The van der Waals surface area contributed by atoms with Gasteiger partial charge in [-0.1, -0.05) is 24.3 Å². The van der Waals surface area contributed by atoms with E-state index in [1.807, 2.05) is 36.4 Å². The van der Waals surface area contributed by atoms with Crippen LogP contribution >= 0.6 is 0 Å². The van der Waals surface area contributed by atoms with Crippen LogP contribution in [0.5, 0.6) is 0 Å². The molecule has 7 nitrogen and oxygen atoms in total. The van der Waals surface area contributed by atoms with Gasteiger partial charge in [0, 0.05) is 5.54 Å². The lowest BCUT2D eigenvalue weighted by atomic mass is 9.80. The monoisotopic (exact) mass is 347 g/mol. The molecule has 0 radical (unpaired) electrons. The molecule has 130 valence electrons. The summed E-state index contributed by atoms with van der Waals surface area (Å²) in [6, 6.07) is 10.8. The molecule has 0 aliphatic carbocycles. The standard InChI is InChI=1S/C19H17N5O2/c1-18(2,3)23-16(25)13-14(17(23)26)19(9-20,10-21)24-15(13)12-7-5-4-6-11(12)8-22-24/h4-8,13-15H,1-3H3. The first-order valence-electron chi connectivity index (χ1n) is 8.40. The van der Waals surface area contributed by atoms with Gasteiger partial charge in [0.2, 0.25) is 17.4 Å². The molecular formula is C19H17N5O2. The predicted molar refractivity (Wildman–Crippen MR) is 91.2 cm³/mol. The molecule has 1 aromatic rings. The minimum absolute atomic E-state index is 0.346. The average Bonchev–Trinajstić information content (AvgIpc) is 3.05. The van der Waals surface area contributed by atoms with Crippen LogP contribution in [0.1, 0.15) is 37.9 Å². The highest BCUT2D eigenvalue weighted by molar-refractivity contribution is 6.08. The highest BCUT2D eigenvalue weighted by Gasteiger charge is 2.72. The molecule has 2 fully saturated rings. The second kappa shape index (κ2) is 4.92. The molecule has 0 aromatic heterocycles. The van der Waals surface area contributed by atoms with Gasteiger partial charge in [-0.15, -0.1) is 0 Å². The van der Waals surface area contributed by atoms with Crippen LogP contribution in [0.2, 0.25) is 0 Å². The van der Waals surface area contributed by atoms with Crippen LogP contribution in [-0.4, -0.2) is 39.0 Å². The van der Waals surface area contributed by atoms with Crippen molar-refractivity contribution >= 4 is 18.0 Å². The van der Waals surface area contributed by atoms with E-state index in [-0.39, 0.29) is 5.91 Å². The van der Waals surface area contributed by atoms with E-state index in [0.29, 0.717) is 0 Å². The molecule has 2 amide bonds. The summed E-state index contributed by atoms with van der Waals surface area (Å²) < 4.78 is 0. The van der Waals surface area contributed by atoms with Crippen molar-refractivity contribution in [1.82, 2.24) is 9.91 Å². The van der Waals surface area contributed by atoms with Crippen LogP contribution in [0, 0.1) is 34.5 Å². The Hall–Kier alpha value is -3.19. The predicted octanol–water partition coefficient (Wildman–Crippen LogP) is 1.58. The number of imide groups is 1. The Morgan fingerprint density at radius 1 is 1.12 bits per heavy atom. The summed E-state index contributed by atoms with van der Waals surface area (Å²) in [5.41, 5.74) is -0.890. The number of hydrogen-bond donors (Lipinski definition) is 0. The van der Waals surface area contributed by atoms with Crippen LogP contribution in [0.3, 0.4) is 0 Å². The Kier molecular flexibility index (Phi) is 3.08. The number of nitrogens with zero attached hydrogens (tertiary/aromatic N) is 5. The van der Waals surface area contributed by atoms with E-state index in [4.69, 9.17) is 0 Å². The van der Waals surface area contributed by atoms with Gasteiger partial charge in [-0.25, -0.2) is 0 Å². The van der Waals surface area contributed by atoms with E-state index >= 15 is 0 Å². The Morgan fingerprint density at radius 2 is 1.77 bits per heavy atom. The number of likely N-dealkylation sites (tertiary alicyclic amines) is 1. The summed E-state index contributed by atoms with van der Waals surface area (Å²) in [5, 5.41) is 25.4. The SMILES string of the molecule is CC(C)(C)N1C(=O)C2C3c4ccccc4C=NN3C(C#N)(C#N)C2C1=O. The zero-order valence-corrected chi connectivity index (χ0v) is 14.7. The molecule has 0 N–H and O–H groups in total. The molecule has 0 spiro atoms. The minimum Gasteiger partial charge on any atom is -0.276 e. The molecule has 4 rings (SSSR count). The Morgan fingerprint density at radius 3 is 2.38 bits per heavy atom. The highest BCUT2D eigenvalue weighted by atomic mass is 16.2. The maximum absolute atomic E-state index is 13.2. The number of amides is 2. The van der Waals surface area contributed by atoms with E-state index in [0.717, 1.165) is 11.1 Å². The molecule has 3 atom stereocenters. The van der Waals surface area contributed by atoms with Gasteiger partial charge < -0.3 is 0 Å². The topological polar surface area (TPSA) is 101 Å². The molecule has 3 heterocycles. The van der Waals surface area contributed by atoms with Crippen molar-refractivity contribution in [2.24, 2.45) is 16.9 Å². The van der Waals surface area contributed by atoms with Crippen molar-refractivity contribution in [2.75, 3.05) is 0 Å². The van der Waals surface area contributed by atoms with Crippen molar-refractivity contribution in [3.63, 3.8) is 0 Å². The third kappa shape index (κ3) is 1.72. The molecule has 0 saturated carbocycles. The Balaban J connectivity index is 1.97. The number of carbonyl (C=O) groups is 2. The fourth-order valence-electron chi connectivity index (χ4n) is 4.40. The lowest BCUT2D eigenvalue weighted by Crippen LogP contribution is -2.52. The first-order chi connectivity index (χ1) is 12.3. The molecule has 2 saturated heterocycles. The quantitative estimate of drug-likeness (QED) is 0.663. The number of fused-ring (bicyclic) bond motifs is 5. The zero-order chi connectivity index (χ0) is 18.9. The smallest absolute Gasteiger partial charge is 0.242 e. The molecule has 3 aliphatic heterocycles. The number of rotatable bonds is 0. The van der Waals surface area contributed by atoms with E-state index in [1.165, 1.54) is 9.91 Å². The van der Waals surface area contributed by atoms with Crippen molar-refractivity contribution in [1.29, 1.82) is 10.5 Å². The molecule has 0 bridgehead atoms. The normalized spacial score (nSPS) is 28.3. The average molecular weight is 347 g/mol. The van der Waals surface area contributed by atoms with Crippen LogP contribution in [0.25, 0.3) is 0 Å². The maximum Gasteiger partial charge on any atom is 0.242 e. The van der Waals surface area contributed by atoms with Crippen LogP contribution in [0.15, 0.2) is 29.4 Å². The maximum atomic E-state index is 13.2. The summed E-state index contributed by atoms with van der Waals surface area (Å²) in [6.45, 7) is 5.32.